The maximum absolute atomic E-state index is 12.6. The number of thiocarbonyl (C=S) groups is 1. The van der Waals surface area contributed by atoms with Gasteiger partial charge in [-0.25, -0.2) is 0 Å². The molecule has 1 aliphatic rings. The zero-order valence-corrected chi connectivity index (χ0v) is 18.1. The molecule has 1 aliphatic heterocycles. The van der Waals surface area contributed by atoms with E-state index in [1.54, 1.807) is 18.2 Å². The molecule has 2 N–H and O–H groups in total. The molecule has 154 valence electrons. The topological polar surface area (TPSA) is 56.8 Å². The fraction of sp³-hybridized carbons (Fsp3) is 0.333. The van der Waals surface area contributed by atoms with Crippen LogP contribution >= 0.6 is 23.8 Å². The molecule has 29 heavy (non-hydrogen) atoms. The summed E-state index contributed by atoms with van der Waals surface area (Å²) in [6.45, 7) is 6.10. The van der Waals surface area contributed by atoms with Crippen molar-refractivity contribution >= 4 is 46.2 Å². The summed E-state index contributed by atoms with van der Waals surface area (Å²) in [5.41, 5.74) is 2.15. The van der Waals surface area contributed by atoms with E-state index >= 15 is 0 Å². The largest absolute Gasteiger partial charge is 0.494 e. The van der Waals surface area contributed by atoms with E-state index in [2.05, 4.69) is 27.5 Å². The van der Waals surface area contributed by atoms with Gasteiger partial charge in [-0.2, -0.15) is 0 Å². The average molecular weight is 433 g/mol. The van der Waals surface area contributed by atoms with Crippen LogP contribution in [0.1, 0.15) is 17.3 Å². The van der Waals surface area contributed by atoms with Gasteiger partial charge in [-0.3, -0.25) is 10.1 Å². The van der Waals surface area contributed by atoms with Crippen LogP contribution in [0, 0.1) is 0 Å². The van der Waals surface area contributed by atoms with Gasteiger partial charge in [0.15, 0.2) is 5.11 Å². The summed E-state index contributed by atoms with van der Waals surface area (Å²) in [5.74, 6) is 0.346. The van der Waals surface area contributed by atoms with Crippen LogP contribution in [0.3, 0.4) is 0 Å². The Morgan fingerprint density at radius 3 is 2.62 bits per heavy atom. The van der Waals surface area contributed by atoms with Gasteiger partial charge < -0.3 is 19.9 Å². The SMILES string of the molecule is CCOc1cccc(C(=O)NC(=S)Nc2cccc(Cl)c2N2CCN(C)CC2)c1. The van der Waals surface area contributed by atoms with Crippen molar-refractivity contribution in [3.05, 3.63) is 53.1 Å². The zero-order valence-electron chi connectivity index (χ0n) is 16.6. The van der Waals surface area contributed by atoms with Crippen LogP contribution in [-0.4, -0.2) is 55.8 Å². The van der Waals surface area contributed by atoms with Crippen LogP contribution in [0.15, 0.2) is 42.5 Å². The third-order valence-corrected chi connectivity index (χ3v) is 5.20. The fourth-order valence-electron chi connectivity index (χ4n) is 3.19. The number of para-hydroxylation sites is 1. The first-order valence-electron chi connectivity index (χ1n) is 9.55. The molecular formula is C21H25ClN4O2S. The Labute approximate surface area is 181 Å². The lowest BCUT2D eigenvalue weighted by Crippen LogP contribution is -2.45. The number of nitrogens with zero attached hydrogens (tertiary/aromatic N) is 2. The van der Waals surface area contributed by atoms with Crippen LogP contribution in [0.25, 0.3) is 0 Å². The van der Waals surface area contributed by atoms with E-state index in [0.717, 1.165) is 37.6 Å². The molecule has 1 amide bonds. The molecule has 0 unspecified atom stereocenters. The lowest BCUT2D eigenvalue weighted by atomic mass is 10.2. The van der Waals surface area contributed by atoms with E-state index in [4.69, 9.17) is 28.6 Å². The van der Waals surface area contributed by atoms with E-state index in [0.29, 0.717) is 22.9 Å². The second kappa shape index (κ2) is 9.91. The van der Waals surface area contributed by atoms with Gasteiger partial charge in [0.1, 0.15) is 5.75 Å². The Balaban J connectivity index is 1.70. The highest BCUT2D eigenvalue weighted by molar-refractivity contribution is 7.80. The first-order valence-corrected chi connectivity index (χ1v) is 10.3. The average Bonchev–Trinajstić information content (AvgIpc) is 2.69. The molecule has 1 heterocycles. The van der Waals surface area contributed by atoms with Crippen molar-refractivity contribution in [2.24, 2.45) is 0 Å². The van der Waals surface area contributed by atoms with Crippen LogP contribution in [-0.2, 0) is 0 Å². The predicted molar refractivity (Wildman–Crippen MR) is 122 cm³/mol. The van der Waals surface area contributed by atoms with Gasteiger partial charge in [-0.1, -0.05) is 23.7 Å². The number of rotatable bonds is 5. The van der Waals surface area contributed by atoms with Gasteiger partial charge in [-0.05, 0) is 56.5 Å². The summed E-state index contributed by atoms with van der Waals surface area (Å²) < 4.78 is 5.45. The van der Waals surface area contributed by atoms with Crippen LogP contribution in [0.4, 0.5) is 11.4 Å². The Bertz CT molecular complexity index is 885. The maximum Gasteiger partial charge on any atom is 0.257 e. The molecule has 8 heteroatoms. The molecule has 3 rings (SSSR count). The highest BCUT2D eigenvalue weighted by atomic mass is 35.5. The summed E-state index contributed by atoms with van der Waals surface area (Å²) in [4.78, 5) is 17.1. The van der Waals surface area contributed by atoms with Gasteiger partial charge >= 0.3 is 0 Å². The summed E-state index contributed by atoms with van der Waals surface area (Å²) in [6, 6.07) is 12.6. The second-order valence-corrected chi connectivity index (χ2v) is 7.61. The molecule has 1 fully saturated rings. The number of halogens is 1. The summed E-state index contributed by atoms with van der Waals surface area (Å²) >= 11 is 11.9. The van der Waals surface area contributed by atoms with Crippen molar-refractivity contribution in [2.75, 3.05) is 50.1 Å². The number of hydrogen-bond donors (Lipinski definition) is 2. The van der Waals surface area contributed by atoms with Crippen molar-refractivity contribution in [3.8, 4) is 5.75 Å². The first kappa shape index (κ1) is 21.4. The molecule has 1 saturated heterocycles. The number of carbonyl (C=O) groups excluding carboxylic acids is 1. The maximum atomic E-state index is 12.6. The lowest BCUT2D eigenvalue weighted by Gasteiger charge is -2.35. The molecule has 2 aromatic rings. The predicted octanol–water partition coefficient (Wildman–Crippen LogP) is 3.62. The number of carbonyl (C=O) groups is 1. The lowest BCUT2D eigenvalue weighted by molar-refractivity contribution is 0.0977. The molecule has 0 aliphatic carbocycles. The molecule has 6 nitrogen and oxygen atoms in total. The van der Waals surface area contributed by atoms with Gasteiger partial charge in [0, 0.05) is 31.7 Å². The minimum Gasteiger partial charge on any atom is -0.494 e. The Morgan fingerprint density at radius 1 is 1.17 bits per heavy atom. The van der Waals surface area contributed by atoms with E-state index in [1.165, 1.54) is 0 Å². The third-order valence-electron chi connectivity index (χ3n) is 4.69. The van der Waals surface area contributed by atoms with Gasteiger partial charge in [-0.15, -0.1) is 0 Å². The summed E-state index contributed by atoms with van der Waals surface area (Å²) in [5, 5.41) is 6.72. The monoisotopic (exact) mass is 432 g/mol. The Hall–Kier alpha value is -2.35. The Morgan fingerprint density at radius 2 is 1.90 bits per heavy atom. The van der Waals surface area contributed by atoms with Crippen molar-refractivity contribution in [1.82, 2.24) is 10.2 Å². The summed E-state index contributed by atoms with van der Waals surface area (Å²) in [6.07, 6.45) is 0. The van der Waals surface area contributed by atoms with E-state index in [-0.39, 0.29) is 11.0 Å². The van der Waals surface area contributed by atoms with Crippen molar-refractivity contribution in [3.63, 3.8) is 0 Å². The highest BCUT2D eigenvalue weighted by Gasteiger charge is 2.20. The van der Waals surface area contributed by atoms with Crippen LogP contribution in [0.5, 0.6) is 5.75 Å². The number of amides is 1. The molecule has 0 radical (unpaired) electrons. The smallest absolute Gasteiger partial charge is 0.257 e. The van der Waals surface area contributed by atoms with Crippen LogP contribution in [0.2, 0.25) is 5.02 Å². The van der Waals surface area contributed by atoms with Gasteiger partial charge in [0.25, 0.3) is 5.91 Å². The van der Waals surface area contributed by atoms with Crippen LogP contribution < -0.4 is 20.3 Å². The minimum absolute atomic E-state index is 0.217. The summed E-state index contributed by atoms with van der Waals surface area (Å²) in [7, 11) is 2.11. The van der Waals surface area contributed by atoms with Crippen molar-refractivity contribution in [2.45, 2.75) is 6.92 Å². The van der Waals surface area contributed by atoms with Gasteiger partial charge in [0.05, 0.1) is 23.0 Å². The number of benzene rings is 2. The minimum atomic E-state index is -0.299. The molecule has 0 bridgehead atoms. The number of ether oxygens (including phenoxy) is 1. The third kappa shape index (κ3) is 5.59. The molecular weight excluding hydrogens is 408 g/mol. The molecule has 0 aromatic heterocycles. The zero-order chi connectivity index (χ0) is 20.8. The van der Waals surface area contributed by atoms with E-state index in [1.807, 2.05) is 31.2 Å². The Kier molecular flexibility index (Phi) is 7.30. The molecule has 2 aromatic carbocycles. The van der Waals surface area contributed by atoms with E-state index < -0.39 is 0 Å². The fourth-order valence-corrected chi connectivity index (χ4v) is 3.69. The molecule has 0 saturated carbocycles. The van der Waals surface area contributed by atoms with Crippen molar-refractivity contribution < 1.29 is 9.53 Å². The number of nitrogens with one attached hydrogen (secondary N) is 2. The highest BCUT2D eigenvalue weighted by Crippen LogP contribution is 2.34. The number of anilines is 2. The molecule has 0 atom stereocenters. The number of hydrogen-bond acceptors (Lipinski definition) is 5. The first-order chi connectivity index (χ1) is 14.0. The number of likely N-dealkylation sites (N-methyl/N-ethyl adjacent to an activating group) is 1. The standard InChI is InChI=1S/C21H25ClN4O2S/c1-3-28-16-7-4-6-15(14-16)20(27)24-21(29)23-18-9-5-8-17(22)19(18)26-12-10-25(2)11-13-26/h4-9,14H,3,10-13H2,1-2H3,(H2,23,24,27,29). The van der Waals surface area contributed by atoms with E-state index in [9.17, 15) is 4.79 Å². The van der Waals surface area contributed by atoms with Crippen molar-refractivity contribution in [1.29, 1.82) is 0 Å². The quantitative estimate of drug-likeness (QED) is 0.704. The van der Waals surface area contributed by atoms with Gasteiger partial charge in [0.2, 0.25) is 0 Å². The molecule has 0 spiro atoms. The normalized spacial score (nSPS) is 14.4. The second-order valence-electron chi connectivity index (χ2n) is 6.80. The number of piperazine rings is 1.